The van der Waals surface area contributed by atoms with Crippen molar-refractivity contribution >= 4 is 23.2 Å². The molecule has 0 aliphatic heterocycles. The lowest BCUT2D eigenvalue weighted by atomic mass is 9.96. The molecule has 0 fully saturated rings. The Balaban J connectivity index is 1.56. The first-order valence-corrected chi connectivity index (χ1v) is 7.96. The molecular weight excluding hydrogens is 306 g/mol. The van der Waals surface area contributed by atoms with Gasteiger partial charge in [-0.15, -0.1) is 11.3 Å². The van der Waals surface area contributed by atoms with E-state index in [4.69, 9.17) is 9.63 Å². The minimum absolute atomic E-state index is 0.0388. The van der Waals surface area contributed by atoms with Crippen LogP contribution in [0.3, 0.4) is 0 Å². The summed E-state index contributed by atoms with van der Waals surface area (Å²) in [7, 11) is 0. The summed E-state index contributed by atoms with van der Waals surface area (Å²) in [6.45, 7) is 0.382. The first kappa shape index (κ1) is 14.7. The number of fused-ring (bicyclic) bond motifs is 1. The van der Waals surface area contributed by atoms with Gasteiger partial charge in [0.15, 0.2) is 11.4 Å². The molecule has 2 aromatic heterocycles. The molecule has 22 heavy (non-hydrogen) atoms. The number of carboxylic acid groups (broad SMARTS) is 1. The molecule has 1 aliphatic carbocycles. The highest BCUT2D eigenvalue weighted by atomic mass is 32.1. The van der Waals surface area contributed by atoms with Crippen LogP contribution >= 0.6 is 11.3 Å². The quantitative estimate of drug-likeness (QED) is 0.868. The van der Waals surface area contributed by atoms with Gasteiger partial charge in [0.2, 0.25) is 0 Å². The number of thiazole rings is 1. The maximum atomic E-state index is 12.1. The summed E-state index contributed by atoms with van der Waals surface area (Å²) in [5.74, 6) is -0.468. The van der Waals surface area contributed by atoms with Gasteiger partial charge in [-0.3, -0.25) is 4.79 Å². The normalized spacial score (nSPS) is 13.6. The van der Waals surface area contributed by atoms with Gasteiger partial charge in [-0.1, -0.05) is 5.16 Å². The number of nitrogens with one attached hydrogen (secondary N) is 1. The minimum atomic E-state index is -1.04. The number of carbonyl (C=O) groups is 2. The zero-order valence-electron chi connectivity index (χ0n) is 11.8. The Morgan fingerprint density at radius 2 is 2.18 bits per heavy atom. The van der Waals surface area contributed by atoms with Crippen LogP contribution in [0.5, 0.6) is 0 Å². The second kappa shape index (κ2) is 6.27. The van der Waals surface area contributed by atoms with Crippen molar-refractivity contribution in [1.82, 2.24) is 15.5 Å². The Kier molecular flexibility index (Phi) is 4.19. The minimum Gasteiger partial charge on any atom is -0.476 e. The first-order chi connectivity index (χ1) is 10.6. The molecule has 2 heterocycles. The van der Waals surface area contributed by atoms with Crippen LogP contribution in [-0.4, -0.2) is 33.7 Å². The smallest absolute Gasteiger partial charge is 0.355 e. The van der Waals surface area contributed by atoms with Crippen LogP contribution in [0.2, 0.25) is 0 Å². The molecule has 0 aromatic carbocycles. The molecule has 0 saturated carbocycles. The summed E-state index contributed by atoms with van der Waals surface area (Å²) < 4.78 is 5.22. The fraction of sp³-hybridized carbons (Fsp3) is 0.429. The van der Waals surface area contributed by atoms with Gasteiger partial charge in [0, 0.05) is 30.3 Å². The molecule has 0 saturated heterocycles. The fourth-order valence-corrected chi connectivity index (χ4v) is 3.23. The molecule has 1 amide bonds. The summed E-state index contributed by atoms with van der Waals surface area (Å²) in [4.78, 5) is 26.9. The number of hydrogen-bond acceptors (Lipinski definition) is 6. The molecule has 8 heteroatoms. The highest BCUT2D eigenvalue weighted by Gasteiger charge is 2.23. The number of nitrogens with zero attached hydrogens (tertiary/aromatic N) is 2. The lowest BCUT2D eigenvalue weighted by Gasteiger charge is -2.09. The Labute approximate surface area is 130 Å². The summed E-state index contributed by atoms with van der Waals surface area (Å²) in [5, 5.41) is 17.6. The van der Waals surface area contributed by atoms with E-state index in [1.54, 1.807) is 0 Å². The Morgan fingerprint density at radius 1 is 1.36 bits per heavy atom. The average Bonchev–Trinajstić information content (AvgIpc) is 3.13. The topological polar surface area (TPSA) is 105 Å². The lowest BCUT2D eigenvalue weighted by Crippen LogP contribution is -2.27. The number of aromatic nitrogens is 2. The molecule has 0 unspecified atom stereocenters. The Bertz CT molecular complexity index is 707. The third-order valence-corrected chi connectivity index (χ3v) is 4.47. The molecule has 0 atom stereocenters. The second-order valence-corrected chi connectivity index (χ2v) is 6.02. The molecule has 0 bridgehead atoms. The van der Waals surface area contributed by atoms with Gasteiger partial charge in [0.05, 0.1) is 5.01 Å². The Morgan fingerprint density at radius 3 is 2.95 bits per heavy atom. The maximum Gasteiger partial charge on any atom is 0.355 e. The number of aromatic carboxylic acids is 1. The molecule has 7 nitrogen and oxygen atoms in total. The first-order valence-electron chi connectivity index (χ1n) is 7.08. The highest BCUT2D eigenvalue weighted by Crippen LogP contribution is 2.24. The average molecular weight is 321 g/mol. The van der Waals surface area contributed by atoms with E-state index in [-0.39, 0.29) is 11.6 Å². The number of carbonyl (C=O) groups excluding carboxylic acids is 1. The van der Waals surface area contributed by atoms with Gasteiger partial charge >= 0.3 is 5.97 Å². The van der Waals surface area contributed by atoms with Crippen molar-refractivity contribution in [1.29, 1.82) is 0 Å². The van der Waals surface area contributed by atoms with Crippen LogP contribution in [-0.2, 0) is 19.3 Å². The van der Waals surface area contributed by atoms with Gasteiger partial charge in [0.25, 0.3) is 5.91 Å². The number of aryl methyl sites for hydroxylation is 1. The predicted molar refractivity (Wildman–Crippen MR) is 78.3 cm³/mol. The van der Waals surface area contributed by atoms with Gasteiger partial charge in [-0.2, -0.15) is 0 Å². The van der Waals surface area contributed by atoms with E-state index in [0.717, 1.165) is 37.0 Å². The van der Waals surface area contributed by atoms with Crippen molar-refractivity contribution in [2.24, 2.45) is 0 Å². The van der Waals surface area contributed by atoms with E-state index < -0.39 is 5.97 Å². The van der Waals surface area contributed by atoms with Gasteiger partial charge in [-0.25, -0.2) is 9.78 Å². The molecule has 116 valence electrons. The Hall–Kier alpha value is -2.22. The number of rotatable bonds is 5. The second-order valence-electron chi connectivity index (χ2n) is 5.08. The zero-order valence-corrected chi connectivity index (χ0v) is 12.6. The lowest BCUT2D eigenvalue weighted by molar-refractivity contribution is 0.0690. The van der Waals surface area contributed by atoms with Crippen LogP contribution < -0.4 is 5.32 Å². The van der Waals surface area contributed by atoms with Gasteiger partial charge in [-0.05, 0) is 19.3 Å². The molecule has 2 aromatic rings. The van der Waals surface area contributed by atoms with E-state index in [2.05, 4.69) is 15.5 Å². The third kappa shape index (κ3) is 3.01. The molecule has 2 N–H and O–H groups in total. The largest absolute Gasteiger partial charge is 0.476 e. The van der Waals surface area contributed by atoms with E-state index in [1.165, 1.54) is 16.7 Å². The van der Waals surface area contributed by atoms with E-state index in [0.29, 0.717) is 23.7 Å². The van der Waals surface area contributed by atoms with Crippen molar-refractivity contribution in [3.05, 3.63) is 33.1 Å². The third-order valence-electron chi connectivity index (χ3n) is 3.56. The van der Waals surface area contributed by atoms with Crippen LogP contribution in [0.1, 0.15) is 50.1 Å². The van der Waals surface area contributed by atoms with Crippen LogP contribution in [0.25, 0.3) is 0 Å². The summed E-state index contributed by atoms with van der Waals surface area (Å²) in [6.07, 6.45) is 4.28. The van der Waals surface area contributed by atoms with Crippen LogP contribution in [0, 0.1) is 0 Å². The van der Waals surface area contributed by atoms with Crippen LogP contribution in [0.15, 0.2) is 9.90 Å². The van der Waals surface area contributed by atoms with Crippen LogP contribution in [0.4, 0.5) is 0 Å². The molecular formula is C14H15N3O4S. The van der Waals surface area contributed by atoms with E-state index in [9.17, 15) is 9.59 Å². The molecule has 3 rings (SSSR count). The van der Waals surface area contributed by atoms with Crippen molar-refractivity contribution in [2.45, 2.75) is 32.1 Å². The maximum absolute atomic E-state index is 12.1. The standard InChI is InChI=1S/C14H15N3O4S/c18-13(12-8-3-1-2-4-10(8)21-17-12)15-6-5-11-16-9(7-22-11)14(19)20/h7H,1-6H2,(H,15,18)(H,19,20). The van der Waals surface area contributed by atoms with Gasteiger partial charge in [0.1, 0.15) is 5.76 Å². The number of amides is 1. The van der Waals surface area contributed by atoms with Crippen molar-refractivity contribution in [3.8, 4) is 0 Å². The molecule has 0 radical (unpaired) electrons. The van der Waals surface area contributed by atoms with E-state index >= 15 is 0 Å². The monoisotopic (exact) mass is 321 g/mol. The summed E-state index contributed by atoms with van der Waals surface area (Å²) in [6, 6.07) is 0. The SMILES string of the molecule is O=C(O)c1csc(CCNC(=O)c2noc3c2CCCC3)n1. The van der Waals surface area contributed by atoms with Crippen molar-refractivity contribution < 1.29 is 19.2 Å². The summed E-state index contributed by atoms with van der Waals surface area (Å²) >= 11 is 1.27. The zero-order chi connectivity index (χ0) is 15.5. The van der Waals surface area contributed by atoms with Gasteiger partial charge < -0.3 is 14.9 Å². The fourth-order valence-electron chi connectivity index (χ4n) is 2.45. The van der Waals surface area contributed by atoms with E-state index in [1.807, 2.05) is 0 Å². The van der Waals surface area contributed by atoms with Crippen molar-refractivity contribution in [3.63, 3.8) is 0 Å². The molecule has 1 aliphatic rings. The van der Waals surface area contributed by atoms with Crippen molar-refractivity contribution in [2.75, 3.05) is 6.54 Å². The molecule has 0 spiro atoms. The predicted octanol–water partition coefficient (Wildman–Crippen LogP) is 1.68. The highest BCUT2D eigenvalue weighted by molar-refractivity contribution is 7.09. The number of carboxylic acids is 1. The summed E-state index contributed by atoms with van der Waals surface area (Å²) in [5.41, 5.74) is 1.34. The number of hydrogen-bond donors (Lipinski definition) is 2.